The van der Waals surface area contributed by atoms with Crippen LogP contribution in [0.15, 0.2) is 12.1 Å². The van der Waals surface area contributed by atoms with Crippen molar-refractivity contribution in [3.8, 4) is 0 Å². The van der Waals surface area contributed by atoms with Crippen LogP contribution in [0.1, 0.15) is 19.3 Å². The number of nitrogens with two attached hydrogens (primary N) is 1. The fourth-order valence-electron chi connectivity index (χ4n) is 2.59. The van der Waals surface area contributed by atoms with Crippen LogP contribution in [-0.4, -0.2) is 20.6 Å². The minimum atomic E-state index is -0.456. The van der Waals surface area contributed by atoms with Gasteiger partial charge in [-0.25, -0.2) is 9.37 Å². The number of fused-ring (bicyclic) bond motifs is 1. The van der Waals surface area contributed by atoms with Gasteiger partial charge in [0.05, 0.1) is 16.1 Å². The van der Waals surface area contributed by atoms with Gasteiger partial charge in [0.15, 0.2) is 0 Å². The Morgan fingerprint density at radius 1 is 1.53 bits per heavy atom. The Bertz CT molecular complexity index is 631. The van der Waals surface area contributed by atoms with Crippen LogP contribution in [0.3, 0.4) is 0 Å². The van der Waals surface area contributed by atoms with E-state index in [4.69, 9.17) is 17.3 Å². The minimum Gasteiger partial charge on any atom is -0.369 e. The molecule has 1 aromatic carbocycles. The van der Waals surface area contributed by atoms with Gasteiger partial charge in [-0.2, -0.15) is 11.8 Å². The van der Waals surface area contributed by atoms with Gasteiger partial charge in [-0.3, -0.25) is 0 Å². The van der Waals surface area contributed by atoms with E-state index < -0.39 is 5.82 Å². The van der Waals surface area contributed by atoms with Crippen molar-refractivity contribution in [3.05, 3.63) is 23.0 Å². The first-order valence-corrected chi connectivity index (χ1v) is 7.81. The molecule has 1 aromatic heterocycles. The Morgan fingerprint density at radius 2 is 2.26 bits per heavy atom. The average Bonchev–Trinajstić information content (AvgIpc) is 2.61. The van der Waals surface area contributed by atoms with Gasteiger partial charge < -0.3 is 10.3 Å². The number of thioether (sulfide) groups is 1. The molecule has 3 rings (SSSR count). The summed E-state index contributed by atoms with van der Waals surface area (Å²) in [7, 11) is 0. The number of hydrogen-bond acceptors (Lipinski definition) is 3. The molecule has 1 aliphatic carbocycles. The Hall–Kier alpha value is -0.940. The van der Waals surface area contributed by atoms with Crippen molar-refractivity contribution in [2.24, 2.45) is 0 Å². The van der Waals surface area contributed by atoms with E-state index in [1.807, 2.05) is 16.3 Å². The average molecular weight is 300 g/mol. The van der Waals surface area contributed by atoms with Gasteiger partial charge >= 0.3 is 0 Å². The second-order valence-electron chi connectivity index (χ2n) is 5.05. The maximum absolute atomic E-state index is 13.4. The lowest BCUT2D eigenvalue weighted by atomic mass is 9.84. The summed E-state index contributed by atoms with van der Waals surface area (Å²) in [6.07, 6.45) is 5.74. The van der Waals surface area contributed by atoms with Crippen LogP contribution >= 0.6 is 23.4 Å². The predicted octanol–water partition coefficient (Wildman–Crippen LogP) is 3.70. The number of halogens is 2. The number of imidazole rings is 1. The SMILES string of the molecule is CSC1(Cn2c(N)nc3cc(F)c(Cl)cc32)CCC1. The van der Waals surface area contributed by atoms with Gasteiger partial charge in [-0.15, -0.1) is 0 Å². The first kappa shape index (κ1) is 13.1. The summed E-state index contributed by atoms with van der Waals surface area (Å²) < 4.78 is 15.6. The third-order valence-corrected chi connectivity index (χ3v) is 5.66. The lowest BCUT2D eigenvalue weighted by Gasteiger charge is -2.40. The van der Waals surface area contributed by atoms with E-state index in [2.05, 4.69) is 11.2 Å². The van der Waals surface area contributed by atoms with Crippen LogP contribution in [0, 0.1) is 5.82 Å². The van der Waals surface area contributed by atoms with Crippen molar-refractivity contribution >= 4 is 40.3 Å². The van der Waals surface area contributed by atoms with Crippen molar-refractivity contribution < 1.29 is 4.39 Å². The van der Waals surface area contributed by atoms with Gasteiger partial charge in [-0.05, 0) is 25.2 Å². The zero-order chi connectivity index (χ0) is 13.6. The first-order chi connectivity index (χ1) is 9.04. The van der Waals surface area contributed by atoms with Crippen LogP contribution in [0.5, 0.6) is 0 Å². The standard InChI is InChI=1S/C13H15ClFN3S/c1-19-13(3-2-4-13)7-18-11-5-8(14)9(15)6-10(11)17-12(18)16/h5-6H,2-4,7H2,1H3,(H2,16,17). The van der Waals surface area contributed by atoms with Gasteiger partial charge in [0.1, 0.15) is 5.82 Å². The molecule has 1 saturated carbocycles. The Kier molecular flexibility index (Phi) is 3.14. The second-order valence-corrected chi connectivity index (χ2v) is 6.73. The summed E-state index contributed by atoms with van der Waals surface area (Å²) in [6.45, 7) is 0.804. The van der Waals surface area contributed by atoms with Crippen molar-refractivity contribution in [1.82, 2.24) is 9.55 Å². The molecule has 1 fully saturated rings. The lowest BCUT2D eigenvalue weighted by molar-refractivity contribution is 0.326. The molecule has 0 saturated heterocycles. The molecule has 6 heteroatoms. The van der Waals surface area contributed by atoms with E-state index in [0.717, 1.165) is 12.1 Å². The third kappa shape index (κ3) is 2.09. The third-order valence-electron chi connectivity index (χ3n) is 3.96. The summed E-state index contributed by atoms with van der Waals surface area (Å²) in [5.74, 6) is -0.0287. The molecule has 0 spiro atoms. The Labute approximate surface area is 120 Å². The molecule has 102 valence electrons. The fourth-order valence-corrected chi connectivity index (χ4v) is 3.70. The van der Waals surface area contributed by atoms with E-state index in [1.54, 1.807) is 6.07 Å². The summed E-state index contributed by atoms with van der Waals surface area (Å²) >= 11 is 7.73. The van der Waals surface area contributed by atoms with Gasteiger partial charge in [0.2, 0.25) is 5.95 Å². The number of rotatable bonds is 3. The topological polar surface area (TPSA) is 43.8 Å². The van der Waals surface area contributed by atoms with Gasteiger partial charge in [0, 0.05) is 17.4 Å². The van der Waals surface area contributed by atoms with Crippen molar-refractivity contribution in [1.29, 1.82) is 0 Å². The van der Waals surface area contributed by atoms with Crippen LogP contribution in [-0.2, 0) is 6.54 Å². The van der Waals surface area contributed by atoms with E-state index in [1.165, 1.54) is 25.3 Å². The minimum absolute atomic E-state index is 0.112. The predicted molar refractivity (Wildman–Crippen MR) is 79.2 cm³/mol. The van der Waals surface area contributed by atoms with E-state index >= 15 is 0 Å². The number of nitrogen functional groups attached to an aromatic ring is 1. The Morgan fingerprint density at radius 3 is 2.84 bits per heavy atom. The fraction of sp³-hybridized carbons (Fsp3) is 0.462. The van der Waals surface area contributed by atoms with Gasteiger partial charge in [-0.1, -0.05) is 18.0 Å². The summed E-state index contributed by atoms with van der Waals surface area (Å²) in [5, 5.41) is 0.112. The first-order valence-electron chi connectivity index (χ1n) is 6.21. The molecule has 1 heterocycles. The van der Waals surface area contributed by atoms with Crippen LogP contribution in [0.4, 0.5) is 10.3 Å². The molecule has 0 radical (unpaired) electrons. The number of aromatic nitrogens is 2. The Balaban J connectivity index is 2.07. The number of hydrogen-bond donors (Lipinski definition) is 1. The normalized spacial score (nSPS) is 17.6. The highest BCUT2D eigenvalue weighted by molar-refractivity contribution is 8.00. The lowest BCUT2D eigenvalue weighted by Crippen LogP contribution is -2.38. The molecule has 0 atom stereocenters. The van der Waals surface area contributed by atoms with E-state index in [9.17, 15) is 4.39 Å². The van der Waals surface area contributed by atoms with Crippen molar-refractivity contribution in [2.75, 3.05) is 12.0 Å². The second kappa shape index (κ2) is 4.56. The molecule has 0 aliphatic heterocycles. The number of nitrogens with zero attached hydrogens (tertiary/aromatic N) is 2. The van der Waals surface area contributed by atoms with E-state index in [0.29, 0.717) is 11.5 Å². The monoisotopic (exact) mass is 299 g/mol. The molecule has 2 aromatic rings. The molecular formula is C13H15ClFN3S. The van der Waals surface area contributed by atoms with Crippen LogP contribution < -0.4 is 5.73 Å². The zero-order valence-electron chi connectivity index (χ0n) is 10.6. The summed E-state index contributed by atoms with van der Waals surface area (Å²) in [4.78, 5) is 4.22. The summed E-state index contributed by atoms with van der Waals surface area (Å²) in [6, 6.07) is 2.96. The molecule has 19 heavy (non-hydrogen) atoms. The summed E-state index contributed by atoms with van der Waals surface area (Å²) in [5.41, 5.74) is 7.35. The van der Waals surface area contributed by atoms with Crippen molar-refractivity contribution in [3.63, 3.8) is 0 Å². The highest BCUT2D eigenvalue weighted by Gasteiger charge is 2.37. The van der Waals surface area contributed by atoms with Gasteiger partial charge in [0.25, 0.3) is 0 Å². The quantitative estimate of drug-likeness (QED) is 0.940. The highest BCUT2D eigenvalue weighted by atomic mass is 35.5. The molecule has 1 aliphatic rings. The van der Waals surface area contributed by atoms with Crippen LogP contribution in [0.2, 0.25) is 5.02 Å². The number of benzene rings is 1. The maximum atomic E-state index is 13.4. The smallest absolute Gasteiger partial charge is 0.201 e. The molecule has 3 nitrogen and oxygen atoms in total. The van der Waals surface area contributed by atoms with Crippen molar-refractivity contribution in [2.45, 2.75) is 30.6 Å². The molecular weight excluding hydrogens is 285 g/mol. The molecule has 2 N–H and O–H groups in total. The van der Waals surface area contributed by atoms with E-state index in [-0.39, 0.29) is 9.77 Å². The molecule has 0 amide bonds. The molecule has 0 bridgehead atoms. The van der Waals surface area contributed by atoms with Crippen LogP contribution in [0.25, 0.3) is 11.0 Å². The zero-order valence-corrected chi connectivity index (χ0v) is 12.2. The maximum Gasteiger partial charge on any atom is 0.201 e. The highest BCUT2D eigenvalue weighted by Crippen LogP contribution is 2.45. The number of anilines is 1. The largest absolute Gasteiger partial charge is 0.369 e. The molecule has 0 unspecified atom stereocenters.